The molecule has 2 atom stereocenters. The summed E-state index contributed by atoms with van der Waals surface area (Å²) in [6.45, 7) is 2.37. The van der Waals surface area contributed by atoms with Gasteiger partial charge in [0.2, 0.25) is 0 Å². The van der Waals surface area contributed by atoms with Crippen molar-refractivity contribution in [3.05, 3.63) is 18.0 Å². The normalized spacial score (nSPS) is 21.9. The number of nitrogens with two attached hydrogens (primary N) is 1. The second-order valence-electron chi connectivity index (χ2n) is 5.35. The van der Waals surface area contributed by atoms with Crippen molar-refractivity contribution < 1.29 is 9.53 Å². The van der Waals surface area contributed by atoms with E-state index in [4.69, 9.17) is 10.5 Å². The number of aryl methyl sites for hydroxylation is 2. The number of aromatic nitrogens is 3. The SMILES string of the molecule is Cc1nn(C)c2ncc(NC(=O)C3CCC(CN)O3)cc12. The fourth-order valence-corrected chi connectivity index (χ4v) is 2.67. The van der Waals surface area contributed by atoms with Gasteiger partial charge in [0.25, 0.3) is 5.91 Å². The zero-order valence-corrected chi connectivity index (χ0v) is 12.2. The minimum Gasteiger partial charge on any atom is -0.364 e. The van der Waals surface area contributed by atoms with E-state index in [9.17, 15) is 4.79 Å². The molecule has 1 amide bonds. The van der Waals surface area contributed by atoms with Gasteiger partial charge in [0.05, 0.1) is 23.7 Å². The Labute approximate surface area is 122 Å². The monoisotopic (exact) mass is 289 g/mol. The number of ether oxygens (including phenoxy) is 1. The summed E-state index contributed by atoms with van der Waals surface area (Å²) < 4.78 is 7.31. The highest BCUT2D eigenvalue weighted by molar-refractivity contribution is 5.96. The van der Waals surface area contributed by atoms with Crippen LogP contribution >= 0.6 is 0 Å². The minimum absolute atomic E-state index is 0.0121. The van der Waals surface area contributed by atoms with Crippen LogP contribution in [0, 0.1) is 6.92 Å². The van der Waals surface area contributed by atoms with Crippen molar-refractivity contribution >= 4 is 22.6 Å². The highest BCUT2D eigenvalue weighted by Gasteiger charge is 2.29. The van der Waals surface area contributed by atoms with Gasteiger partial charge in [-0.25, -0.2) is 4.98 Å². The van der Waals surface area contributed by atoms with Crippen LogP contribution < -0.4 is 11.1 Å². The summed E-state index contributed by atoms with van der Waals surface area (Å²) in [5, 5.41) is 8.10. The molecule has 0 saturated carbocycles. The van der Waals surface area contributed by atoms with Gasteiger partial charge in [0.1, 0.15) is 6.10 Å². The molecular weight excluding hydrogens is 270 g/mol. The number of nitrogens with one attached hydrogen (secondary N) is 1. The Morgan fingerprint density at radius 3 is 3.10 bits per heavy atom. The molecule has 2 aromatic rings. The lowest BCUT2D eigenvalue weighted by molar-refractivity contribution is -0.126. The third-order valence-electron chi connectivity index (χ3n) is 3.79. The first-order chi connectivity index (χ1) is 10.1. The van der Waals surface area contributed by atoms with Gasteiger partial charge in [-0.1, -0.05) is 0 Å². The summed E-state index contributed by atoms with van der Waals surface area (Å²) in [4.78, 5) is 16.5. The number of anilines is 1. The first-order valence-corrected chi connectivity index (χ1v) is 7.04. The van der Waals surface area contributed by atoms with Crippen LogP contribution in [0.1, 0.15) is 18.5 Å². The van der Waals surface area contributed by atoms with E-state index in [1.54, 1.807) is 10.9 Å². The lowest BCUT2D eigenvalue weighted by Crippen LogP contribution is -2.29. The Kier molecular flexibility index (Phi) is 3.60. The predicted molar refractivity (Wildman–Crippen MR) is 78.8 cm³/mol. The smallest absolute Gasteiger partial charge is 0.253 e. The summed E-state index contributed by atoms with van der Waals surface area (Å²) in [5.74, 6) is -0.145. The van der Waals surface area contributed by atoms with Crippen molar-refractivity contribution in [3.63, 3.8) is 0 Å². The number of hydrogen-bond acceptors (Lipinski definition) is 5. The molecule has 3 N–H and O–H groups in total. The zero-order valence-electron chi connectivity index (χ0n) is 12.2. The highest BCUT2D eigenvalue weighted by Crippen LogP contribution is 2.22. The molecule has 3 rings (SSSR count). The maximum absolute atomic E-state index is 12.2. The Morgan fingerprint density at radius 2 is 2.38 bits per heavy atom. The lowest BCUT2D eigenvalue weighted by Gasteiger charge is -2.12. The Hall–Kier alpha value is -1.99. The molecule has 0 aliphatic carbocycles. The third-order valence-corrected chi connectivity index (χ3v) is 3.79. The average Bonchev–Trinajstić information content (AvgIpc) is 3.05. The van der Waals surface area contributed by atoms with Gasteiger partial charge in [-0.2, -0.15) is 5.10 Å². The number of carbonyl (C=O) groups is 1. The van der Waals surface area contributed by atoms with Crippen molar-refractivity contribution in [2.24, 2.45) is 12.8 Å². The molecule has 7 heteroatoms. The van der Waals surface area contributed by atoms with E-state index in [-0.39, 0.29) is 12.0 Å². The molecule has 0 radical (unpaired) electrons. The van der Waals surface area contributed by atoms with Crippen molar-refractivity contribution in [1.29, 1.82) is 0 Å². The van der Waals surface area contributed by atoms with E-state index in [1.165, 1.54) is 0 Å². The van der Waals surface area contributed by atoms with Crippen LogP contribution in [-0.4, -0.2) is 39.4 Å². The number of hydrogen-bond donors (Lipinski definition) is 2. The van der Waals surface area contributed by atoms with Gasteiger partial charge in [-0.3, -0.25) is 9.48 Å². The standard InChI is InChI=1S/C14H19N5O2/c1-8-11-5-9(7-16-13(11)19(2)18-8)17-14(20)12-4-3-10(6-15)21-12/h5,7,10,12H,3-4,6,15H2,1-2H3,(H,17,20). The molecule has 112 valence electrons. The van der Waals surface area contributed by atoms with Crippen LogP contribution in [0.5, 0.6) is 0 Å². The van der Waals surface area contributed by atoms with Crippen LogP contribution in [0.3, 0.4) is 0 Å². The molecule has 0 bridgehead atoms. The molecule has 1 aliphatic heterocycles. The third kappa shape index (κ3) is 2.62. The highest BCUT2D eigenvalue weighted by atomic mass is 16.5. The molecule has 1 fully saturated rings. The minimum atomic E-state index is -0.427. The van der Waals surface area contributed by atoms with E-state index in [2.05, 4.69) is 15.4 Å². The average molecular weight is 289 g/mol. The summed E-state index contributed by atoms with van der Waals surface area (Å²) in [6.07, 6.45) is 2.73. The van der Waals surface area contributed by atoms with Crippen LogP contribution in [0.4, 0.5) is 5.69 Å². The maximum Gasteiger partial charge on any atom is 0.253 e. The van der Waals surface area contributed by atoms with Crippen molar-refractivity contribution in [3.8, 4) is 0 Å². The van der Waals surface area contributed by atoms with E-state index in [0.29, 0.717) is 18.7 Å². The molecule has 21 heavy (non-hydrogen) atoms. The molecule has 2 unspecified atom stereocenters. The molecule has 1 saturated heterocycles. The second-order valence-corrected chi connectivity index (χ2v) is 5.35. The zero-order chi connectivity index (χ0) is 15.0. The summed E-state index contributed by atoms with van der Waals surface area (Å²) >= 11 is 0. The lowest BCUT2D eigenvalue weighted by atomic mass is 10.2. The molecule has 7 nitrogen and oxygen atoms in total. The predicted octanol–water partition coefficient (Wildman–Crippen LogP) is 0.722. The van der Waals surface area contributed by atoms with E-state index in [0.717, 1.165) is 23.1 Å². The number of pyridine rings is 1. The molecule has 3 heterocycles. The molecule has 0 aromatic carbocycles. The van der Waals surface area contributed by atoms with Gasteiger partial charge in [-0.05, 0) is 25.8 Å². The van der Waals surface area contributed by atoms with Crippen molar-refractivity contribution in [2.75, 3.05) is 11.9 Å². The van der Waals surface area contributed by atoms with Gasteiger partial charge in [0.15, 0.2) is 5.65 Å². The van der Waals surface area contributed by atoms with Crippen LogP contribution in [-0.2, 0) is 16.6 Å². The fraction of sp³-hybridized carbons (Fsp3) is 0.500. The fourth-order valence-electron chi connectivity index (χ4n) is 2.67. The first-order valence-electron chi connectivity index (χ1n) is 7.04. The van der Waals surface area contributed by atoms with Crippen LogP contribution in [0.15, 0.2) is 12.3 Å². The number of nitrogens with zero attached hydrogens (tertiary/aromatic N) is 3. The Morgan fingerprint density at radius 1 is 1.57 bits per heavy atom. The number of carbonyl (C=O) groups excluding carboxylic acids is 1. The summed E-state index contributed by atoms with van der Waals surface area (Å²) in [7, 11) is 1.85. The maximum atomic E-state index is 12.2. The van der Waals surface area contributed by atoms with Gasteiger partial charge in [0, 0.05) is 19.0 Å². The van der Waals surface area contributed by atoms with Crippen LogP contribution in [0.2, 0.25) is 0 Å². The van der Waals surface area contributed by atoms with E-state index in [1.807, 2.05) is 20.0 Å². The molecule has 2 aromatic heterocycles. The topological polar surface area (TPSA) is 95.1 Å². The van der Waals surface area contributed by atoms with Gasteiger partial charge < -0.3 is 15.8 Å². The quantitative estimate of drug-likeness (QED) is 0.868. The molecule has 1 aliphatic rings. The largest absolute Gasteiger partial charge is 0.364 e. The van der Waals surface area contributed by atoms with E-state index < -0.39 is 6.10 Å². The Balaban J connectivity index is 1.76. The van der Waals surface area contributed by atoms with Gasteiger partial charge >= 0.3 is 0 Å². The van der Waals surface area contributed by atoms with Crippen molar-refractivity contribution in [1.82, 2.24) is 14.8 Å². The van der Waals surface area contributed by atoms with Crippen molar-refractivity contribution in [2.45, 2.75) is 32.0 Å². The Bertz CT molecular complexity index is 681. The number of rotatable bonds is 3. The van der Waals surface area contributed by atoms with Crippen LogP contribution in [0.25, 0.3) is 11.0 Å². The number of fused-ring (bicyclic) bond motifs is 1. The summed E-state index contributed by atoms with van der Waals surface area (Å²) in [5.41, 5.74) is 7.89. The molecule has 0 spiro atoms. The first kappa shape index (κ1) is 14.0. The molecular formula is C14H19N5O2. The van der Waals surface area contributed by atoms with Gasteiger partial charge in [-0.15, -0.1) is 0 Å². The van der Waals surface area contributed by atoms with E-state index >= 15 is 0 Å². The second kappa shape index (κ2) is 5.42. The number of amides is 1. The summed E-state index contributed by atoms with van der Waals surface area (Å²) in [6, 6.07) is 1.89.